The Hall–Kier alpha value is -2.25. The van der Waals surface area contributed by atoms with Crippen LogP contribution in [0.25, 0.3) is 0 Å². The average molecular weight is 335 g/mol. The molecule has 0 aromatic carbocycles. The first kappa shape index (κ1) is 16.6. The summed E-state index contributed by atoms with van der Waals surface area (Å²) in [6, 6.07) is 0.0975. The van der Waals surface area contributed by atoms with Crippen molar-refractivity contribution < 1.29 is 14.3 Å². The van der Waals surface area contributed by atoms with Gasteiger partial charge in [-0.25, -0.2) is 14.3 Å². The van der Waals surface area contributed by atoms with Gasteiger partial charge in [0.25, 0.3) is 0 Å². The van der Waals surface area contributed by atoms with Crippen LogP contribution >= 0.6 is 0 Å². The number of urea groups is 1. The summed E-state index contributed by atoms with van der Waals surface area (Å²) in [6.45, 7) is 3.94. The highest BCUT2D eigenvalue weighted by atomic mass is 16.6. The molecule has 0 bridgehead atoms. The van der Waals surface area contributed by atoms with Crippen molar-refractivity contribution in [1.82, 2.24) is 20.0 Å². The number of cyclic esters (lactones) is 1. The maximum atomic E-state index is 12.2. The lowest BCUT2D eigenvalue weighted by Crippen LogP contribution is -2.43. The van der Waals surface area contributed by atoms with E-state index in [9.17, 15) is 9.59 Å². The number of nitrogens with one attached hydrogen (secondary N) is 2. The first-order valence-electron chi connectivity index (χ1n) is 8.66. The van der Waals surface area contributed by atoms with Gasteiger partial charge in [0, 0.05) is 25.2 Å². The van der Waals surface area contributed by atoms with E-state index in [4.69, 9.17) is 4.74 Å². The number of amides is 3. The van der Waals surface area contributed by atoms with E-state index >= 15 is 0 Å². The number of hydrogen-bond donors (Lipinski definition) is 2. The van der Waals surface area contributed by atoms with Crippen LogP contribution in [-0.2, 0) is 4.74 Å². The molecule has 1 aromatic heterocycles. The molecule has 8 nitrogen and oxygen atoms in total. The molecule has 1 saturated heterocycles. The van der Waals surface area contributed by atoms with Crippen LogP contribution in [0.3, 0.4) is 0 Å². The van der Waals surface area contributed by atoms with E-state index in [0.717, 1.165) is 30.6 Å². The number of hydrogen-bond acceptors (Lipinski definition) is 4. The molecule has 8 heteroatoms. The second-order valence-electron chi connectivity index (χ2n) is 6.39. The fourth-order valence-corrected chi connectivity index (χ4v) is 3.29. The van der Waals surface area contributed by atoms with Crippen LogP contribution in [0, 0.1) is 6.92 Å². The number of nitrogens with zero attached hydrogens (tertiary/aromatic N) is 3. The number of aryl methyl sites for hydroxylation is 1. The highest BCUT2D eigenvalue weighted by Gasteiger charge is 2.22. The third-order valence-corrected chi connectivity index (χ3v) is 4.60. The first-order chi connectivity index (χ1) is 11.6. The van der Waals surface area contributed by atoms with Crippen LogP contribution in [0.2, 0.25) is 0 Å². The molecule has 24 heavy (non-hydrogen) atoms. The fourth-order valence-electron chi connectivity index (χ4n) is 3.29. The molecule has 0 radical (unpaired) electrons. The number of carbonyl (C=O) groups excluding carboxylic acids is 2. The van der Waals surface area contributed by atoms with Gasteiger partial charge in [-0.1, -0.05) is 12.8 Å². The normalized spacial score (nSPS) is 18.5. The van der Waals surface area contributed by atoms with Crippen molar-refractivity contribution in [2.75, 3.05) is 31.6 Å². The molecular weight excluding hydrogens is 310 g/mol. The Bertz CT molecular complexity index is 595. The van der Waals surface area contributed by atoms with Crippen molar-refractivity contribution in [3.8, 4) is 0 Å². The van der Waals surface area contributed by atoms with Crippen molar-refractivity contribution in [1.29, 1.82) is 0 Å². The van der Waals surface area contributed by atoms with E-state index in [1.807, 2.05) is 11.6 Å². The molecule has 1 saturated carbocycles. The number of carbonyl (C=O) groups is 2. The van der Waals surface area contributed by atoms with Crippen LogP contribution in [0.4, 0.5) is 15.4 Å². The summed E-state index contributed by atoms with van der Waals surface area (Å²) in [5.74, 6) is 0.761. The van der Waals surface area contributed by atoms with Crippen molar-refractivity contribution in [3.63, 3.8) is 0 Å². The van der Waals surface area contributed by atoms with E-state index in [2.05, 4.69) is 15.7 Å². The molecule has 2 heterocycles. The van der Waals surface area contributed by atoms with Crippen molar-refractivity contribution >= 4 is 17.9 Å². The summed E-state index contributed by atoms with van der Waals surface area (Å²) in [6.07, 6.45) is 6.94. The molecule has 1 aliphatic carbocycles. The lowest BCUT2D eigenvalue weighted by molar-refractivity contribution is 0.0736. The van der Waals surface area contributed by atoms with Crippen molar-refractivity contribution in [3.05, 3.63) is 11.8 Å². The predicted molar refractivity (Wildman–Crippen MR) is 89.0 cm³/mol. The van der Waals surface area contributed by atoms with E-state index in [-0.39, 0.29) is 12.1 Å². The fraction of sp³-hybridized carbons (Fsp3) is 0.688. The van der Waals surface area contributed by atoms with E-state index in [1.165, 1.54) is 12.8 Å². The smallest absolute Gasteiger partial charge is 0.409 e. The molecule has 0 unspecified atom stereocenters. The third-order valence-electron chi connectivity index (χ3n) is 4.60. The van der Waals surface area contributed by atoms with Gasteiger partial charge in [-0.2, -0.15) is 5.10 Å². The Morgan fingerprint density at radius 2 is 2.17 bits per heavy atom. The van der Waals surface area contributed by atoms with Crippen LogP contribution in [0.5, 0.6) is 0 Å². The van der Waals surface area contributed by atoms with E-state index in [0.29, 0.717) is 32.3 Å². The molecule has 1 aromatic rings. The lowest BCUT2D eigenvalue weighted by Gasteiger charge is -2.26. The van der Waals surface area contributed by atoms with Crippen molar-refractivity contribution in [2.45, 2.75) is 45.1 Å². The Kier molecular flexibility index (Phi) is 5.22. The summed E-state index contributed by atoms with van der Waals surface area (Å²) in [5.41, 5.74) is 0.955. The third kappa shape index (κ3) is 3.80. The quantitative estimate of drug-likeness (QED) is 0.864. The summed E-state index contributed by atoms with van der Waals surface area (Å²) in [5, 5.41) is 10.1. The maximum absolute atomic E-state index is 12.2. The number of ether oxygens (including phenoxy) is 1. The summed E-state index contributed by atoms with van der Waals surface area (Å²) < 4.78 is 6.90. The molecule has 0 atom stereocenters. The minimum absolute atomic E-state index is 0.275. The monoisotopic (exact) mass is 335 g/mol. The number of anilines is 1. The summed E-state index contributed by atoms with van der Waals surface area (Å²) in [4.78, 5) is 25.3. The number of aromatic nitrogens is 2. The average Bonchev–Trinajstić information content (AvgIpc) is 3.20. The first-order valence-corrected chi connectivity index (χ1v) is 8.66. The molecule has 2 fully saturated rings. The SMILES string of the molecule is Cc1cnn(C2CCCC2)c1NC(=O)NCCN1CCCOC1=O. The molecule has 1 aliphatic heterocycles. The minimum atomic E-state index is -0.307. The second-order valence-corrected chi connectivity index (χ2v) is 6.39. The largest absolute Gasteiger partial charge is 0.449 e. The van der Waals surface area contributed by atoms with Crippen LogP contribution in [-0.4, -0.2) is 53.0 Å². The zero-order valence-corrected chi connectivity index (χ0v) is 14.1. The Labute approximate surface area is 141 Å². The lowest BCUT2D eigenvalue weighted by atomic mass is 10.2. The molecule has 3 amide bonds. The van der Waals surface area contributed by atoms with Gasteiger partial charge in [-0.3, -0.25) is 5.32 Å². The predicted octanol–water partition coefficient (Wildman–Crippen LogP) is 2.27. The Balaban J connectivity index is 1.50. The topological polar surface area (TPSA) is 88.5 Å². The Morgan fingerprint density at radius 1 is 1.38 bits per heavy atom. The van der Waals surface area contributed by atoms with Crippen LogP contribution < -0.4 is 10.6 Å². The zero-order chi connectivity index (χ0) is 16.9. The molecule has 132 valence electrons. The van der Waals surface area contributed by atoms with Gasteiger partial charge in [-0.05, 0) is 26.2 Å². The second kappa shape index (κ2) is 7.55. The highest BCUT2D eigenvalue weighted by molar-refractivity contribution is 5.89. The van der Waals surface area contributed by atoms with Gasteiger partial charge < -0.3 is 15.0 Å². The molecular formula is C16H25N5O3. The zero-order valence-electron chi connectivity index (χ0n) is 14.1. The standard InChI is InChI=1S/C16H25N5O3/c1-12-11-18-21(13-5-2-3-6-13)14(12)19-15(22)17-7-9-20-8-4-10-24-16(20)23/h11,13H,2-10H2,1H3,(H2,17,19,22). The Morgan fingerprint density at radius 3 is 2.92 bits per heavy atom. The summed E-state index contributed by atoms with van der Waals surface area (Å²) >= 11 is 0. The minimum Gasteiger partial charge on any atom is -0.449 e. The highest BCUT2D eigenvalue weighted by Crippen LogP contribution is 2.32. The van der Waals surface area contributed by atoms with Gasteiger partial charge in [0.2, 0.25) is 0 Å². The van der Waals surface area contributed by atoms with Gasteiger partial charge in [-0.15, -0.1) is 0 Å². The van der Waals surface area contributed by atoms with Gasteiger partial charge in [0.05, 0.1) is 18.8 Å². The van der Waals surface area contributed by atoms with E-state index < -0.39 is 0 Å². The summed E-state index contributed by atoms with van der Waals surface area (Å²) in [7, 11) is 0. The van der Waals surface area contributed by atoms with Crippen molar-refractivity contribution in [2.24, 2.45) is 0 Å². The van der Waals surface area contributed by atoms with Crippen LogP contribution in [0.15, 0.2) is 6.20 Å². The van der Waals surface area contributed by atoms with Crippen LogP contribution in [0.1, 0.15) is 43.7 Å². The van der Waals surface area contributed by atoms with Gasteiger partial charge in [0.1, 0.15) is 5.82 Å². The molecule has 3 rings (SSSR count). The molecule has 2 aliphatic rings. The molecule has 0 spiro atoms. The van der Waals surface area contributed by atoms with Gasteiger partial charge >= 0.3 is 12.1 Å². The maximum Gasteiger partial charge on any atom is 0.409 e. The number of rotatable bonds is 5. The van der Waals surface area contributed by atoms with Gasteiger partial charge in [0.15, 0.2) is 0 Å². The van der Waals surface area contributed by atoms with E-state index in [1.54, 1.807) is 11.1 Å². The molecule has 2 N–H and O–H groups in total.